The SMILES string of the molecule is COc1ccnc(N2CCN(C(=O)[C@H]3NCCO[C@@H]3C)CC2)c1.Cl.Cl. The molecule has 0 unspecified atom stereocenters. The van der Waals surface area contributed by atoms with Crippen molar-refractivity contribution in [3.63, 3.8) is 0 Å². The number of pyridine rings is 1. The highest BCUT2D eigenvalue weighted by molar-refractivity contribution is 5.85. The number of ether oxygens (including phenoxy) is 2. The van der Waals surface area contributed by atoms with E-state index >= 15 is 0 Å². The van der Waals surface area contributed by atoms with Crippen molar-refractivity contribution in [2.45, 2.75) is 19.1 Å². The molecule has 142 valence electrons. The Morgan fingerprint density at radius 3 is 2.68 bits per heavy atom. The largest absolute Gasteiger partial charge is 0.497 e. The van der Waals surface area contributed by atoms with Crippen LogP contribution in [0.5, 0.6) is 5.75 Å². The molecule has 0 spiro atoms. The van der Waals surface area contributed by atoms with Gasteiger partial charge in [0.2, 0.25) is 5.91 Å². The highest BCUT2D eigenvalue weighted by Crippen LogP contribution is 2.20. The van der Waals surface area contributed by atoms with Gasteiger partial charge in [0.05, 0.1) is 19.8 Å². The zero-order valence-electron chi connectivity index (χ0n) is 14.5. The minimum absolute atomic E-state index is 0. The lowest BCUT2D eigenvalue weighted by Crippen LogP contribution is -2.59. The first-order valence-electron chi connectivity index (χ1n) is 8.08. The number of carbonyl (C=O) groups excluding carboxylic acids is 1. The third-order valence-corrected chi connectivity index (χ3v) is 4.45. The van der Waals surface area contributed by atoms with E-state index in [1.807, 2.05) is 24.0 Å². The topological polar surface area (TPSA) is 66.9 Å². The van der Waals surface area contributed by atoms with Gasteiger partial charge in [-0.3, -0.25) is 4.79 Å². The highest BCUT2D eigenvalue weighted by Gasteiger charge is 2.33. The van der Waals surface area contributed by atoms with Crippen LogP contribution >= 0.6 is 24.8 Å². The summed E-state index contributed by atoms with van der Waals surface area (Å²) in [5.41, 5.74) is 0. The van der Waals surface area contributed by atoms with Crippen LogP contribution in [-0.2, 0) is 9.53 Å². The number of nitrogens with one attached hydrogen (secondary N) is 1. The summed E-state index contributed by atoms with van der Waals surface area (Å²) in [6.07, 6.45) is 1.67. The predicted molar refractivity (Wildman–Crippen MR) is 101 cm³/mol. The molecule has 3 rings (SSSR count). The summed E-state index contributed by atoms with van der Waals surface area (Å²) >= 11 is 0. The monoisotopic (exact) mass is 392 g/mol. The van der Waals surface area contributed by atoms with E-state index in [0.717, 1.165) is 31.2 Å². The summed E-state index contributed by atoms with van der Waals surface area (Å²) in [5, 5.41) is 3.27. The first-order valence-corrected chi connectivity index (χ1v) is 8.08. The number of aromatic nitrogens is 1. The molecule has 0 bridgehead atoms. The molecule has 0 radical (unpaired) electrons. The van der Waals surface area contributed by atoms with Gasteiger partial charge >= 0.3 is 0 Å². The van der Waals surface area contributed by atoms with Gasteiger partial charge in [-0.05, 0) is 13.0 Å². The Morgan fingerprint density at radius 1 is 1.32 bits per heavy atom. The van der Waals surface area contributed by atoms with Crippen LogP contribution in [0.2, 0.25) is 0 Å². The maximum absolute atomic E-state index is 12.6. The Morgan fingerprint density at radius 2 is 2.04 bits per heavy atom. The van der Waals surface area contributed by atoms with Crippen molar-refractivity contribution in [2.75, 3.05) is 51.3 Å². The second kappa shape index (κ2) is 10.0. The lowest BCUT2D eigenvalue weighted by atomic mass is 10.1. The quantitative estimate of drug-likeness (QED) is 0.826. The lowest BCUT2D eigenvalue weighted by Gasteiger charge is -2.39. The first-order chi connectivity index (χ1) is 11.2. The van der Waals surface area contributed by atoms with Gasteiger partial charge in [-0.1, -0.05) is 0 Å². The molecule has 2 fully saturated rings. The average molecular weight is 393 g/mol. The van der Waals surface area contributed by atoms with Crippen LogP contribution < -0.4 is 15.0 Å². The van der Waals surface area contributed by atoms with Crippen molar-refractivity contribution in [1.82, 2.24) is 15.2 Å². The molecule has 3 heterocycles. The molecular formula is C16H26Cl2N4O3. The van der Waals surface area contributed by atoms with Gasteiger partial charge in [0, 0.05) is 45.0 Å². The number of hydrogen-bond acceptors (Lipinski definition) is 6. The fourth-order valence-corrected chi connectivity index (χ4v) is 3.06. The molecule has 25 heavy (non-hydrogen) atoms. The third kappa shape index (κ3) is 5.10. The van der Waals surface area contributed by atoms with Crippen molar-refractivity contribution >= 4 is 36.5 Å². The van der Waals surface area contributed by atoms with E-state index in [1.54, 1.807) is 13.3 Å². The molecule has 0 aromatic carbocycles. The van der Waals surface area contributed by atoms with E-state index in [2.05, 4.69) is 15.2 Å². The molecule has 7 nitrogen and oxygen atoms in total. The summed E-state index contributed by atoms with van der Waals surface area (Å²) in [4.78, 5) is 21.1. The Balaban J connectivity index is 0.00000156. The number of carbonyl (C=O) groups is 1. The molecule has 1 aromatic rings. The fourth-order valence-electron chi connectivity index (χ4n) is 3.06. The standard InChI is InChI=1S/C16H24N4O3.2ClH/c1-12-15(18-5-10-23-12)16(21)20-8-6-19(7-9-20)14-11-13(22-2)3-4-17-14;;/h3-4,11-12,15,18H,5-10H2,1-2H3;2*1H/t12-,15+;;/m1../s1. The van der Waals surface area contributed by atoms with Crippen LogP contribution in [0.25, 0.3) is 0 Å². The highest BCUT2D eigenvalue weighted by atomic mass is 35.5. The molecule has 2 aliphatic heterocycles. The van der Waals surface area contributed by atoms with Gasteiger partial charge in [-0.2, -0.15) is 0 Å². The first kappa shape index (κ1) is 21.8. The molecule has 1 amide bonds. The molecule has 2 saturated heterocycles. The van der Waals surface area contributed by atoms with Crippen LogP contribution in [0.3, 0.4) is 0 Å². The van der Waals surface area contributed by atoms with E-state index in [1.165, 1.54) is 0 Å². The van der Waals surface area contributed by atoms with E-state index < -0.39 is 0 Å². The number of hydrogen-bond donors (Lipinski definition) is 1. The maximum Gasteiger partial charge on any atom is 0.242 e. The van der Waals surface area contributed by atoms with Crippen LogP contribution in [0, 0.1) is 0 Å². The molecule has 2 atom stereocenters. The predicted octanol–water partition coefficient (Wildman–Crippen LogP) is 0.959. The number of methoxy groups -OCH3 is 1. The van der Waals surface area contributed by atoms with Gasteiger partial charge in [-0.15, -0.1) is 24.8 Å². The van der Waals surface area contributed by atoms with Crippen molar-refractivity contribution in [2.24, 2.45) is 0 Å². The minimum atomic E-state index is -0.231. The van der Waals surface area contributed by atoms with E-state index in [-0.39, 0.29) is 42.9 Å². The van der Waals surface area contributed by atoms with Gasteiger partial charge in [0.25, 0.3) is 0 Å². The van der Waals surface area contributed by atoms with E-state index in [0.29, 0.717) is 19.7 Å². The Kier molecular flexibility index (Phi) is 8.71. The van der Waals surface area contributed by atoms with Crippen LogP contribution in [0.15, 0.2) is 18.3 Å². The van der Waals surface area contributed by atoms with Crippen LogP contribution in [0.1, 0.15) is 6.92 Å². The number of amides is 1. The van der Waals surface area contributed by atoms with Crippen molar-refractivity contribution in [3.05, 3.63) is 18.3 Å². The summed E-state index contributed by atoms with van der Waals surface area (Å²) in [6, 6.07) is 3.53. The molecule has 2 aliphatic rings. The summed E-state index contributed by atoms with van der Waals surface area (Å²) in [5.74, 6) is 1.82. The number of piperazine rings is 1. The van der Waals surface area contributed by atoms with Crippen molar-refractivity contribution in [1.29, 1.82) is 0 Å². The Bertz CT molecular complexity index is 556. The molecule has 9 heteroatoms. The van der Waals surface area contributed by atoms with Crippen molar-refractivity contribution < 1.29 is 14.3 Å². The van der Waals surface area contributed by atoms with Crippen molar-refractivity contribution in [3.8, 4) is 5.75 Å². The number of halogens is 2. The Hall–Kier alpha value is -1.28. The minimum Gasteiger partial charge on any atom is -0.497 e. The van der Waals surface area contributed by atoms with Gasteiger partial charge in [0.1, 0.15) is 17.6 Å². The van der Waals surface area contributed by atoms with Gasteiger partial charge < -0.3 is 24.6 Å². The normalized spacial score (nSPS) is 23.3. The van der Waals surface area contributed by atoms with Crippen LogP contribution in [-0.4, -0.2) is 74.4 Å². The van der Waals surface area contributed by atoms with Gasteiger partial charge in [0.15, 0.2) is 0 Å². The zero-order chi connectivity index (χ0) is 16.2. The maximum atomic E-state index is 12.6. The zero-order valence-corrected chi connectivity index (χ0v) is 16.1. The van der Waals surface area contributed by atoms with Gasteiger partial charge in [-0.25, -0.2) is 4.98 Å². The van der Waals surface area contributed by atoms with E-state index in [4.69, 9.17) is 9.47 Å². The van der Waals surface area contributed by atoms with E-state index in [9.17, 15) is 4.79 Å². The summed E-state index contributed by atoms with van der Waals surface area (Å²) in [7, 11) is 1.65. The molecule has 0 saturated carbocycles. The number of anilines is 1. The summed E-state index contributed by atoms with van der Waals surface area (Å²) in [6.45, 7) is 6.28. The number of rotatable bonds is 3. The lowest BCUT2D eigenvalue weighted by molar-refractivity contribution is -0.139. The molecule has 1 aromatic heterocycles. The summed E-state index contributed by atoms with van der Waals surface area (Å²) < 4.78 is 10.8. The molecule has 1 N–H and O–H groups in total. The smallest absolute Gasteiger partial charge is 0.242 e. The average Bonchev–Trinajstić information content (AvgIpc) is 2.62. The number of nitrogens with zero attached hydrogens (tertiary/aromatic N) is 3. The fraction of sp³-hybridized carbons (Fsp3) is 0.625. The molecular weight excluding hydrogens is 367 g/mol. The Labute approximate surface area is 160 Å². The molecule has 0 aliphatic carbocycles. The third-order valence-electron chi connectivity index (χ3n) is 4.45. The number of morpholine rings is 1. The second-order valence-electron chi connectivity index (χ2n) is 5.87. The second-order valence-corrected chi connectivity index (χ2v) is 5.87. The van der Waals surface area contributed by atoms with Crippen LogP contribution in [0.4, 0.5) is 5.82 Å².